The number of carbonyl (C=O) groups excluding carboxylic acids is 1. The molecule has 0 aliphatic heterocycles. The Morgan fingerprint density at radius 2 is 1.95 bits per heavy atom. The summed E-state index contributed by atoms with van der Waals surface area (Å²) in [6.45, 7) is 2.15. The van der Waals surface area contributed by atoms with Crippen LogP contribution in [0.2, 0.25) is 0 Å². The molecule has 0 atom stereocenters. The molecule has 1 N–H and O–H groups in total. The van der Waals surface area contributed by atoms with Gasteiger partial charge >= 0.3 is 0 Å². The molecule has 3 aromatic rings. The number of aryl methyl sites for hydroxylation is 1. The highest BCUT2D eigenvalue weighted by Crippen LogP contribution is 2.22. The van der Waals surface area contributed by atoms with E-state index in [1.54, 1.807) is 0 Å². The molecule has 112 valence electrons. The van der Waals surface area contributed by atoms with Crippen LogP contribution in [0.4, 0.5) is 5.13 Å². The Hall–Kier alpha value is -1.98. The number of thiazole rings is 1. The van der Waals surface area contributed by atoms with E-state index in [2.05, 4.69) is 41.5 Å². The van der Waals surface area contributed by atoms with Crippen LogP contribution in [0.1, 0.15) is 32.6 Å². The summed E-state index contributed by atoms with van der Waals surface area (Å²) in [7, 11) is 0. The molecule has 0 radical (unpaired) electrons. The maximum Gasteiger partial charge on any atom is 0.267 e. The standard InChI is InChI=1S/C17H16N2OS2/c1-2-12-5-7-13(8-6-12)10-14-11-18-17(22-14)19-16(20)15-4-3-9-21-15/h3-9,11H,2,10H2,1H3,(H,18,19,20). The van der Waals surface area contributed by atoms with Crippen molar-refractivity contribution >= 4 is 33.7 Å². The summed E-state index contributed by atoms with van der Waals surface area (Å²) in [6.07, 6.45) is 3.73. The lowest BCUT2D eigenvalue weighted by Crippen LogP contribution is -2.09. The molecule has 0 saturated carbocycles. The van der Waals surface area contributed by atoms with Gasteiger partial charge in [0.05, 0.1) is 4.88 Å². The van der Waals surface area contributed by atoms with Gasteiger partial charge in [-0.2, -0.15) is 0 Å². The highest BCUT2D eigenvalue weighted by atomic mass is 32.1. The summed E-state index contributed by atoms with van der Waals surface area (Å²) < 4.78 is 0. The zero-order valence-electron chi connectivity index (χ0n) is 12.2. The van der Waals surface area contributed by atoms with Gasteiger partial charge in [0.2, 0.25) is 0 Å². The lowest BCUT2D eigenvalue weighted by molar-refractivity contribution is 0.103. The van der Waals surface area contributed by atoms with Gasteiger partial charge < -0.3 is 0 Å². The minimum Gasteiger partial charge on any atom is -0.297 e. The molecular formula is C17H16N2OS2. The second-order valence-corrected chi connectivity index (χ2v) is 6.97. The molecule has 2 aromatic heterocycles. The third-order valence-electron chi connectivity index (χ3n) is 3.33. The molecular weight excluding hydrogens is 312 g/mol. The second kappa shape index (κ2) is 6.85. The van der Waals surface area contributed by atoms with Crippen LogP contribution in [0.5, 0.6) is 0 Å². The average Bonchev–Trinajstić information content (AvgIpc) is 3.20. The number of anilines is 1. The molecule has 1 aromatic carbocycles. The van der Waals surface area contributed by atoms with Crippen molar-refractivity contribution in [2.45, 2.75) is 19.8 Å². The summed E-state index contributed by atoms with van der Waals surface area (Å²) in [4.78, 5) is 18.1. The van der Waals surface area contributed by atoms with Crippen LogP contribution in [0, 0.1) is 0 Å². The lowest BCUT2D eigenvalue weighted by atomic mass is 10.1. The number of nitrogens with one attached hydrogen (secondary N) is 1. The highest BCUT2D eigenvalue weighted by molar-refractivity contribution is 7.16. The molecule has 0 aliphatic carbocycles. The molecule has 3 nitrogen and oxygen atoms in total. The van der Waals surface area contributed by atoms with Gasteiger partial charge in [-0.15, -0.1) is 22.7 Å². The van der Waals surface area contributed by atoms with E-state index >= 15 is 0 Å². The molecule has 0 spiro atoms. The Morgan fingerprint density at radius 1 is 1.18 bits per heavy atom. The second-order valence-electron chi connectivity index (χ2n) is 4.91. The molecule has 22 heavy (non-hydrogen) atoms. The van der Waals surface area contributed by atoms with Crippen molar-refractivity contribution < 1.29 is 4.79 Å². The maximum absolute atomic E-state index is 12.0. The van der Waals surface area contributed by atoms with Crippen LogP contribution in [0.3, 0.4) is 0 Å². The Morgan fingerprint density at radius 3 is 2.64 bits per heavy atom. The molecule has 0 aliphatic rings. The summed E-state index contributed by atoms with van der Waals surface area (Å²) in [5.74, 6) is -0.0943. The first-order chi connectivity index (χ1) is 10.7. The quantitative estimate of drug-likeness (QED) is 0.743. The number of benzene rings is 1. The van der Waals surface area contributed by atoms with E-state index in [9.17, 15) is 4.79 Å². The summed E-state index contributed by atoms with van der Waals surface area (Å²) in [6, 6.07) is 12.3. The molecule has 0 bridgehead atoms. The largest absolute Gasteiger partial charge is 0.297 e. The number of nitrogens with zero attached hydrogens (tertiary/aromatic N) is 1. The first-order valence-electron chi connectivity index (χ1n) is 7.12. The number of thiophene rings is 1. The third-order valence-corrected chi connectivity index (χ3v) is 5.11. The van der Waals surface area contributed by atoms with Gasteiger partial charge in [0.1, 0.15) is 0 Å². The Balaban J connectivity index is 1.64. The fourth-order valence-electron chi connectivity index (χ4n) is 2.11. The minimum atomic E-state index is -0.0943. The normalized spacial score (nSPS) is 10.6. The van der Waals surface area contributed by atoms with E-state index in [1.165, 1.54) is 33.8 Å². The number of amides is 1. The average molecular weight is 328 g/mol. The summed E-state index contributed by atoms with van der Waals surface area (Å²) >= 11 is 2.95. The van der Waals surface area contributed by atoms with Gasteiger partial charge in [-0.1, -0.05) is 37.3 Å². The molecule has 1 amide bonds. The van der Waals surface area contributed by atoms with E-state index in [0.717, 1.165) is 17.7 Å². The topological polar surface area (TPSA) is 42.0 Å². The predicted molar refractivity (Wildman–Crippen MR) is 93.0 cm³/mol. The van der Waals surface area contributed by atoms with Gasteiger partial charge in [-0.05, 0) is 29.0 Å². The van der Waals surface area contributed by atoms with Crippen LogP contribution >= 0.6 is 22.7 Å². The van der Waals surface area contributed by atoms with Crippen LogP contribution in [0.15, 0.2) is 48.0 Å². The number of carbonyl (C=O) groups is 1. The molecule has 2 heterocycles. The van der Waals surface area contributed by atoms with Crippen molar-refractivity contribution in [2.24, 2.45) is 0 Å². The first kappa shape index (κ1) is 14.9. The van der Waals surface area contributed by atoms with Gasteiger partial charge in [-0.3, -0.25) is 10.1 Å². The fourth-order valence-corrected chi connectivity index (χ4v) is 3.57. The van der Waals surface area contributed by atoms with E-state index < -0.39 is 0 Å². The Labute approximate surface area is 137 Å². The smallest absolute Gasteiger partial charge is 0.267 e. The van der Waals surface area contributed by atoms with Crippen LogP contribution in [-0.4, -0.2) is 10.9 Å². The van der Waals surface area contributed by atoms with E-state index in [-0.39, 0.29) is 5.91 Å². The molecule has 0 fully saturated rings. The van der Waals surface area contributed by atoms with Crippen LogP contribution < -0.4 is 5.32 Å². The number of rotatable bonds is 5. The molecule has 3 rings (SSSR count). The monoisotopic (exact) mass is 328 g/mol. The van der Waals surface area contributed by atoms with Gasteiger partial charge in [-0.25, -0.2) is 4.98 Å². The fraction of sp³-hybridized carbons (Fsp3) is 0.176. The Bertz CT molecular complexity index is 745. The van der Waals surface area contributed by atoms with Gasteiger partial charge in [0.15, 0.2) is 5.13 Å². The van der Waals surface area contributed by atoms with Crippen LogP contribution in [-0.2, 0) is 12.8 Å². The Kier molecular flexibility index (Phi) is 4.65. The number of aromatic nitrogens is 1. The minimum absolute atomic E-state index is 0.0943. The SMILES string of the molecule is CCc1ccc(Cc2cnc(NC(=O)c3cccs3)s2)cc1. The van der Waals surface area contributed by atoms with Crippen LogP contribution in [0.25, 0.3) is 0 Å². The zero-order chi connectivity index (χ0) is 15.4. The first-order valence-corrected chi connectivity index (χ1v) is 8.81. The predicted octanol–water partition coefficient (Wildman–Crippen LogP) is 4.61. The maximum atomic E-state index is 12.0. The highest BCUT2D eigenvalue weighted by Gasteiger charge is 2.10. The lowest BCUT2D eigenvalue weighted by Gasteiger charge is -2.00. The molecule has 0 unspecified atom stereocenters. The molecule has 5 heteroatoms. The zero-order valence-corrected chi connectivity index (χ0v) is 13.8. The third kappa shape index (κ3) is 3.61. The van der Waals surface area contributed by atoms with E-state index in [1.807, 2.05) is 23.7 Å². The van der Waals surface area contributed by atoms with Crippen molar-refractivity contribution in [3.8, 4) is 0 Å². The number of hydrogen-bond acceptors (Lipinski definition) is 4. The van der Waals surface area contributed by atoms with Crippen molar-refractivity contribution in [1.82, 2.24) is 4.98 Å². The van der Waals surface area contributed by atoms with Crippen molar-refractivity contribution in [3.63, 3.8) is 0 Å². The van der Waals surface area contributed by atoms with E-state index in [4.69, 9.17) is 0 Å². The van der Waals surface area contributed by atoms with Crippen molar-refractivity contribution in [1.29, 1.82) is 0 Å². The van der Waals surface area contributed by atoms with Gasteiger partial charge in [0, 0.05) is 17.5 Å². The van der Waals surface area contributed by atoms with Gasteiger partial charge in [0.25, 0.3) is 5.91 Å². The van der Waals surface area contributed by atoms with Crippen molar-refractivity contribution in [3.05, 3.63) is 68.9 Å². The summed E-state index contributed by atoms with van der Waals surface area (Å²) in [5, 5.41) is 5.39. The number of hydrogen-bond donors (Lipinski definition) is 1. The van der Waals surface area contributed by atoms with Crippen molar-refractivity contribution in [2.75, 3.05) is 5.32 Å². The molecule has 0 saturated heterocycles. The summed E-state index contributed by atoms with van der Waals surface area (Å²) in [5.41, 5.74) is 2.61. The van der Waals surface area contributed by atoms with E-state index in [0.29, 0.717) is 10.0 Å².